The first-order valence-corrected chi connectivity index (χ1v) is 10.3. The average Bonchev–Trinajstić information content (AvgIpc) is 3.46. The Kier molecular flexibility index (Phi) is 4.78. The van der Waals surface area contributed by atoms with E-state index in [1.54, 1.807) is 23.4 Å². The van der Waals surface area contributed by atoms with Gasteiger partial charge in [-0.3, -0.25) is 19.7 Å². The van der Waals surface area contributed by atoms with Crippen LogP contribution >= 0.6 is 0 Å². The molecule has 5 rings (SSSR count). The van der Waals surface area contributed by atoms with Crippen LogP contribution in [0.2, 0.25) is 0 Å². The predicted molar refractivity (Wildman–Crippen MR) is 113 cm³/mol. The molecule has 152 valence electrons. The molecular formula is C23H23N5O2. The number of rotatable bonds is 3. The fourth-order valence-electron chi connectivity index (χ4n) is 4.42. The van der Waals surface area contributed by atoms with Crippen molar-refractivity contribution < 1.29 is 9.59 Å². The number of nitrogens with zero attached hydrogens (tertiary/aromatic N) is 4. The third-order valence-electron chi connectivity index (χ3n) is 6.00. The van der Waals surface area contributed by atoms with E-state index in [2.05, 4.69) is 21.2 Å². The highest BCUT2D eigenvalue weighted by Gasteiger charge is 2.34. The summed E-state index contributed by atoms with van der Waals surface area (Å²) in [6.45, 7) is 1.82. The number of amides is 2. The van der Waals surface area contributed by atoms with Crippen LogP contribution in [0.25, 0.3) is 11.3 Å². The molecule has 1 N–H and O–H groups in total. The second-order valence-electron chi connectivity index (χ2n) is 7.86. The Balaban J connectivity index is 1.29. The molecule has 0 radical (unpaired) electrons. The van der Waals surface area contributed by atoms with Crippen LogP contribution in [0.15, 0.2) is 54.9 Å². The molecule has 4 heterocycles. The molecule has 2 aromatic heterocycles. The number of benzene rings is 1. The van der Waals surface area contributed by atoms with Crippen molar-refractivity contribution >= 4 is 17.5 Å². The molecule has 1 saturated heterocycles. The van der Waals surface area contributed by atoms with E-state index in [1.165, 1.54) is 5.56 Å². The van der Waals surface area contributed by atoms with E-state index < -0.39 is 0 Å². The molecule has 7 nitrogen and oxygen atoms in total. The van der Waals surface area contributed by atoms with Gasteiger partial charge in [-0.1, -0.05) is 18.2 Å². The minimum Gasteiger partial charge on any atom is -0.337 e. The Morgan fingerprint density at radius 2 is 1.90 bits per heavy atom. The number of hydrogen-bond donors (Lipinski definition) is 1. The molecule has 1 atom stereocenters. The number of carbonyl (C=O) groups excluding carboxylic acids is 2. The number of aromatic nitrogens is 3. The van der Waals surface area contributed by atoms with Crippen molar-refractivity contribution in [2.75, 3.05) is 24.5 Å². The second-order valence-corrected chi connectivity index (χ2v) is 7.86. The largest absolute Gasteiger partial charge is 0.337 e. The number of piperidine rings is 1. The number of anilines is 1. The van der Waals surface area contributed by atoms with Crippen molar-refractivity contribution in [2.24, 2.45) is 5.92 Å². The number of H-pyrrole nitrogens is 1. The zero-order chi connectivity index (χ0) is 20.5. The van der Waals surface area contributed by atoms with Crippen LogP contribution < -0.4 is 4.90 Å². The van der Waals surface area contributed by atoms with Crippen molar-refractivity contribution in [3.63, 3.8) is 0 Å². The SMILES string of the molecule is O=C(c1cc(-c2ccncc2)n[nH]1)N1CCCC(C(=O)N2CCc3ccccc32)C1. The summed E-state index contributed by atoms with van der Waals surface area (Å²) in [5.74, 6) is -0.155. The summed E-state index contributed by atoms with van der Waals surface area (Å²) in [6.07, 6.45) is 5.92. The highest BCUT2D eigenvalue weighted by atomic mass is 16.2. The van der Waals surface area contributed by atoms with Crippen molar-refractivity contribution in [3.8, 4) is 11.3 Å². The predicted octanol–water partition coefficient (Wildman–Crippen LogP) is 2.91. The van der Waals surface area contributed by atoms with E-state index in [4.69, 9.17) is 0 Å². The maximum atomic E-state index is 13.2. The minimum absolute atomic E-state index is 0.109. The van der Waals surface area contributed by atoms with Crippen LogP contribution in [0, 0.1) is 5.92 Å². The molecule has 2 aliphatic rings. The number of likely N-dealkylation sites (tertiary alicyclic amines) is 1. The fourth-order valence-corrected chi connectivity index (χ4v) is 4.42. The van der Waals surface area contributed by atoms with Crippen LogP contribution in [0.3, 0.4) is 0 Å². The first-order chi connectivity index (χ1) is 14.7. The van der Waals surface area contributed by atoms with E-state index >= 15 is 0 Å². The zero-order valence-corrected chi connectivity index (χ0v) is 16.6. The monoisotopic (exact) mass is 401 g/mol. The summed E-state index contributed by atoms with van der Waals surface area (Å²) in [7, 11) is 0. The molecule has 1 aromatic carbocycles. The summed E-state index contributed by atoms with van der Waals surface area (Å²) in [4.78, 5) is 33.9. The Morgan fingerprint density at radius 3 is 2.77 bits per heavy atom. The third kappa shape index (κ3) is 3.36. The Hall–Kier alpha value is -3.48. The molecule has 0 aliphatic carbocycles. The van der Waals surface area contributed by atoms with Crippen molar-refractivity contribution in [1.82, 2.24) is 20.1 Å². The lowest BCUT2D eigenvalue weighted by atomic mass is 9.96. The normalized spacial score (nSPS) is 18.3. The van der Waals surface area contributed by atoms with Crippen LogP contribution in [-0.4, -0.2) is 51.5 Å². The molecule has 0 bridgehead atoms. The van der Waals surface area contributed by atoms with Gasteiger partial charge in [0, 0.05) is 43.3 Å². The molecule has 3 aromatic rings. The summed E-state index contributed by atoms with van der Waals surface area (Å²) in [6, 6.07) is 13.6. The van der Waals surface area contributed by atoms with E-state index in [-0.39, 0.29) is 17.7 Å². The summed E-state index contributed by atoms with van der Waals surface area (Å²) >= 11 is 0. The number of pyridine rings is 1. The highest BCUT2D eigenvalue weighted by molar-refractivity contribution is 5.98. The molecule has 0 saturated carbocycles. The van der Waals surface area contributed by atoms with Gasteiger partial charge in [0.15, 0.2) is 0 Å². The lowest BCUT2D eigenvalue weighted by molar-refractivity contribution is -0.123. The molecule has 2 aliphatic heterocycles. The number of fused-ring (bicyclic) bond motifs is 1. The van der Waals surface area contributed by atoms with Crippen LogP contribution in [-0.2, 0) is 11.2 Å². The number of hydrogen-bond acceptors (Lipinski definition) is 4. The average molecular weight is 401 g/mol. The van der Waals surface area contributed by atoms with Gasteiger partial charge >= 0.3 is 0 Å². The molecule has 30 heavy (non-hydrogen) atoms. The Morgan fingerprint density at radius 1 is 1.07 bits per heavy atom. The Bertz CT molecular complexity index is 1080. The first-order valence-electron chi connectivity index (χ1n) is 10.3. The Labute approximate surface area is 174 Å². The lowest BCUT2D eigenvalue weighted by Crippen LogP contribution is -2.46. The topological polar surface area (TPSA) is 82.2 Å². The van der Waals surface area contributed by atoms with Crippen LogP contribution in [0.1, 0.15) is 28.9 Å². The first kappa shape index (κ1) is 18.5. The summed E-state index contributed by atoms with van der Waals surface area (Å²) < 4.78 is 0. The lowest BCUT2D eigenvalue weighted by Gasteiger charge is -2.33. The molecule has 1 unspecified atom stereocenters. The fraction of sp³-hybridized carbons (Fsp3) is 0.304. The maximum absolute atomic E-state index is 13.2. The van der Waals surface area contributed by atoms with Crippen molar-refractivity contribution in [2.45, 2.75) is 19.3 Å². The van der Waals surface area contributed by atoms with Crippen LogP contribution in [0.5, 0.6) is 0 Å². The third-order valence-corrected chi connectivity index (χ3v) is 6.00. The van der Waals surface area contributed by atoms with Gasteiger partial charge in [-0.05, 0) is 49.1 Å². The number of nitrogens with one attached hydrogen (secondary N) is 1. The van der Waals surface area contributed by atoms with Gasteiger partial charge < -0.3 is 9.80 Å². The maximum Gasteiger partial charge on any atom is 0.271 e. The van der Waals surface area contributed by atoms with Gasteiger partial charge in [0.05, 0.1) is 11.6 Å². The van der Waals surface area contributed by atoms with Gasteiger partial charge in [0.25, 0.3) is 5.91 Å². The molecule has 7 heteroatoms. The molecule has 0 spiro atoms. The van der Waals surface area contributed by atoms with E-state index in [1.807, 2.05) is 35.2 Å². The number of para-hydroxylation sites is 1. The van der Waals surface area contributed by atoms with Gasteiger partial charge in [0.1, 0.15) is 5.69 Å². The quantitative estimate of drug-likeness (QED) is 0.732. The van der Waals surface area contributed by atoms with E-state index in [9.17, 15) is 9.59 Å². The molecule has 1 fully saturated rings. The van der Waals surface area contributed by atoms with Gasteiger partial charge in [-0.15, -0.1) is 0 Å². The van der Waals surface area contributed by atoms with Crippen molar-refractivity contribution in [1.29, 1.82) is 0 Å². The smallest absolute Gasteiger partial charge is 0.271 e. The minimum atomic E-state index is -0.170. The summed E-state index contributed by atoms with van der Waals surface area (Å²) in [5, 5.41) is 7.13. The molecule has 2 amide bonds. The van der Waals surface area contributed by atoms with Gasteiger partial charge in [-0.25, -0.2) is 0 Å². The van der Waals surface area contributed by atoms with Gasteiger partial charge in [0.2, 0.25) is 5.91 Å². The van der Waals surface area contributed by atoms with Crippen molar-refractivity contribution in [3.05, 3.63) is 66.1 Å². The summed E-state index contributed by atoms with van der Waals surface area (Å²) in [5.41, 5.74) is 4.29. The standard InChI is InChI=1S/C23H23N5O2/c29-22(28-13-9-17-4-1-2-6-21(17)28)18-5-3-12-27(15-18)23(30)20-14-19(25-26-20)16-7-10-24-11-8-16/h1-2,4,6-8,10-11,14,18H,3,5,9,12-13,15H2,(H,25,26). The zero-order valence-electron chi connectivity index (χ0n) is 16.6. The second kappa shape index (κ2) is 7.74. The highest BCUT2D eigenvalue weighted by Crippen LogP contribution is 2.31. The number of aromatic amines is 1. The van der Waals surface area contributed by atoms with Gasteiger partial charge in [-0.2, -0.15) is 5.10 Å². The number of carbonyl (C=O) groups is 2. The van der Waals surface area contributed by atoms with E-state index in [0.29, 0.717) is 24.5 Å². The van der Waals surface area contributed by atoms with Crippen LogP contribution in [0.4, 0.5) is 5.69 Å². The molecular weight excluding hydrogens is 378 g/mol. The van der Waals surface area contributed by atoms with E-state index in [0.717, 1.165) is 37.1 Å².